The first-order chi connectivity index (χ1) is 16.5. The van der Waals surface area contributed by atoms with Crippen molar-refractivity contribution in [2.24, 2.45) is 17.8 Å². The van der Waals surface area contributed by atoms with E-state index in [0.717, 1.165) is 36.7 Å². The molecule has 0 spiro atoms. The van der Waals surface area contributed by atoms with Crippen LogP contribution in [-0.4, -0.2) is 31.1 Å². The number of aliphatic carboxylic acids is 1. The predicted molar refractivity (Wildman–Crippen MR) is 123 cm³/mol. The van der Waals surface area contributed by atoms with Crippen LogP contribution in [0, 0.1) is 24.7 Å². The van der Waals surface area contributed by atoms with Gasteiger partial charge in [-0.05, 0) is 74.3 Å². The number of hydrogen-bond acceptors (Lipinski definition) is 7. The number of aromatic nitrogens is 3. The van der Waals surface area contributed by atoms with Crippen molar-refractivity contribution < 1.29 is 28.2 Å². The molecule has 2 saturated carbocycles. The Morgan fingerprint density at radius 2 is 1.86 bits per heavy atom. The van der Waals surface area contributed by atoms with Crippen molar-refractivity contribution in [1.29, 1.82) is 0 Å². The van der Waals surface area contributed by atoms with Crippen LogP contribution in [0.3, 0.4) is 0 Å². The number of aryl methyl sites for hydroxylation is 1. The number of thiazole rings is 1. The minimum Gasteiger partial charge on any atom is -0.481 e. The van der Waals surface area contributed by atoms with Crippen LogP contribution in [0.5, 0.6) is 0 Å². The lowest BCUT2D eigenvalue weighted by atomic mass is 9.71. The molecule has 3 N–H and O–H groups in total. The Kier molecular flexibility index (Phi) is 5.79. The topological polar surface area (TPSA) is 108 Å². The van der Waals surface area contributed by atoms with Crippen LogP contribution in [0.15, 0.2) is 36.7 Å². The Bertz CT molecular complexity index is 1260. The molecule has 3 heterocycles. The number of hydrogen-bond donors (Lipinski definition) is 3. The summed E-state index contributed by atoms with van der Waals surface area (Å²) in [6, 6.07) is 5.36. The van der Waals surface area contributed by atoms with E-state index in [9.17, 15) is 28.2 Å². The smallest absolute Gasteiger partial charge is 0.416 e. The molecule has 0 saturated heterocycles. The fourth-order valence-electron chi connectivity index (χ4n) is 5.43. The predicted octanol–water partition coefficient (Wildman–Crippen LogP) is 5.38. The van der Waals surface area contributed by atoms with Gasteiger partial charge >= 0.3 is 12.1 Å². The number of carboxylic acids is 1. The molecule has 7 nitrogen and oxygen atoms in total. The molecule has 2 fully saturated rings. The summed E-state index contributed by atoms with van der Waals surface area (Å²) >= 11 is 1.30. The largest absolute Gasteiger partial charge is 0.481 e. The van der Waals surface area contributed by atoms with Crippen molar-refractivity contribution in [3.05, 3.63) is 52.8 Å². The van der Waals surface area contributed by atoms with Crippen LogP contribution in [-0.2, 0) is 16.6 Å². The number of rotatable bonds is 5. The fraction of sp³-hybridized carbons (Fsp3) is 0.417. The van der Waals surface area contributed by atoms with Crippen molar-refractivity contribution >= 4 is 28.9 Å². The monoisotopic (exact) mass is 504 g/mol. The first-order valence-electron chi connectivity index (χ1n) is 11.2. The highest BCUT2D eigenvalue weighted by molar-refractivity contribution is 7.15. The second-order valence-electron chi connectivity index (χ2n) is 9.40. The lowest BCUT2D eigenvalue weighted by molar-refractivity contribution is -0.150. The molecule has 2 aliphatic rings. The zero-order valence-electron chi connectivity index (χ0n) is 18.7. The van der Waals surface area contributed by atoms with Crippen LogP contribution < -0.4 is 5.32 Å². The van der Waals surface area contributed by atoms with Gasteiger partial charge in [-0.2, -0.15) is 13.2 Å². The average molecular weight is 505 g/mol. The normalized spacial score (nSPS) is 26.0. The lowest BCUT2D eigenvalue weighted by Gasteiger charge is -2.38. The zero-order valence-corrected chi connectivity index (χ0v) is 19.5. The summed E-state index contributed by atoms with van der Waals surface area (Å²) in [5.74, 6) is -0.993. The van der Waals surface area contributed by atoms with Gasteiger partial charge in [0.25, 0.3) is 0 Å². The van der Waals surface area contributed by atoms with Crippen LogP contribution >= 0.6 is 11.3 Å². The zero-order chi connectivity index (χ0) is 25.0. The number of carbonyl (C=O) groups is 1. The van der Waals surface area contributed by atoms with Crippen LogP contribution in [0.4, 0.5) is 24.8 Å². The van der Waals surface area contributed by atoms with E-state index in [1.54, 1.807) is 12.3 Å². The third kappa shape index (κ3) is 4.62. The van der Waals surface area contributed by atoms with Gasteiger partial charge in [-0.15, -0.1) is 11.3 Å². The van der Waals surface area contributed by atoms with E-state index in [1.165, 1.54) is 11.3 Å². The van der Waals surface area contributed by atoms with E-state index in [1.807, 2.05) is 13.0 Å². The van der Waals surface area contributed by atoms with Crippen molar-refractivity contribution in [2.45, 2.75) is 44.4 Å². The maximum Gasteiger partial charge on any atom is 0.416 e. The number of nitrogens with one attached hydrogen (secondary N) is 1. The average Bonchev–Trinajstić information content (AvgIpc) is 3.38. The van der Waals surface area contributed by atoms with E-state index in [0.29, 0.717) is 34.2 Å². The minimum absolute atomic E-state index is 0.0221. The second kappa shape index (κ2) is 8.56. The van der Waals surface area contributed by atoms with Gasteiger partial charge in [-0.3, -0.25) is 4.79 Å². The Hall–Kier alpha value is -3.05. The van der Waals surface area contributed by atoms with E-state index < -0.39 is 29.2 Å². The van der Waals surface area contributed by atoms with Crippen molar-refractivity contribution in [3.63, 3.8) is 0 Å². The summed E-state index contributed by atoms with van der Waals surface area (Å²) in [7, 11) is 0. The number of nitrogens with zero attached hydrogens (tertiary/aromatic N) is 3. The number of aliphatic hydroxyl groups is 1. The number of pyridine rings is 2. The summed E-state index contributed by atoms with van der Waals surface area (Å²) in [6.45, 7) is 1.84. The Balaban J connectivity index is 1.39. The quantitative estimate of drug-likeness (QED) is 0.428. The second-order valence-corrected chi connectivity index (χ2v) is 10.4. The van der Waals surface area contributed by atoms with E-state index in [-0.39, 0.29) is 17.7 Å². The summed E-state index contributed by atoms with van der Waals surface area (Å²) in [5.41, 5.74) is -0.588. The molecule has 3 aromatic heterocycles. The standard InChI is InChI=1S/C24H23F3N4O3S/c1-12-6-16(30-19(7-12)31-18-8-15(4-5-28-18)24(25,26)27)17-11-29-22(35-17)23(34)9-13-2-3-14(10-23)20(13)21(32)33/h4-8,11,13-14,20,34H,2-3,9-10H2,1H3,(H,32,33)(H,28,30,31)/t13-,14+,20-,23?. The maximum atomic E-state index is 13.0. The Morgan fingerprint density at radius 1 is 1.14 bits per heavy atom. The number of anilines is 2. The van der Waals surface area contributed by atoms with Crippen LogP contribution in [0.2, 0.25) is 0 Å². The number of fused-ring (bicyclic) bond motifs is 2. The highest BCUT2D eigenvalue weighted by Crippen LogP contribution is 2.54. The Morgan fingerprint density at radius 3 is 2.51 bits per heavy atom. The van der Waals surface area contributed by atoms with Gasteiger partial charge in [-0.25, -0.2) is 15.0 Å². The molecular formula is C24H23F3N4O3S. The molecule has 184 valence electrons. The van der Waals surface area contributed by atoms with Crippen molar-refractivity contribution in [2.75, 3.05) is 5.32 Å². The third-order valence-corrected chi connectivity index (χ3v) is 8.09. The first kappa shape index (κ1) is 23.7. The van der Waals surface area contributed by atoms with Gasteiger partial charge in [0.2, 0.25) is 0 Å². The third-order valence-electron chi connectivity index (χ3n) is 6.88. The van der Waals surface area contributed by atoms with E-state index in [4.69, 9.17) is 0 Å². The molecular weight excluding hydrogens is 481 g/mol. The van der Waals surface area contributed by atoms with E-state index >= 15 is 0 Å². The van der Waals surface area contributed by atoms with Crippen molar-refractivity contribution in [1.82, 2.24) is 15.0 Å². The van der Waals surface area contributed by atoms with Gasteiger partial charge in [0.05, 0.1) is 22.1 Å². The lowest BCUT2D eigenvalue weighted by Crippen LogP contribution is -2.41. The molecule has 11 heteroatoms. The number of alkyl halides is 3. The van der Waals surface area contributed by atoms with Gasteiger partial charge in [0, 0.05) is 12.4 Å². The summed E-state index contributed by atoms with van der Waals surface area (Å²) in [5, 5.41) is 24.3. The summed E-state index contributed by atoms with van der Waals surface area (Å²) in [6.07, 6.45) is 0.542. The highest BCUT2D eigenvalue weighted by atomic mass is 32.1. The van der Waals surface area contributed by atoms with Gasteiger partial charge < -0.3 is 15.5 Å². The minimum atomic E-state index is -4.48. The molecule has 3 aromatic rings. The Labute approximate surface area is 203 Å². The van der Waals surface area contributed by atoms with Gasteiger partial charge in [0.15, 0.2) is 0 Å². The maximum absolute atomic E-state index is 13.0. The fourth-order valence-corrected chi connectivity index (χ4v) is 6.42. The van der Waals surface area contributed by atoms with E-state index in [2.05, 4.69) is 20.3 Å². The van der Waals surface area contributed by atoms with Gasteiger partial charge in [-0.1, -0.05) is 0 Å². The van der Waals surface area contributed by atoms with Crippen LogP contribution in [0.25, 0.3) is 10.6 Å². The molecule has 4 atom stereocenters. The molecule has 0 amide bonds. The summed E-state index contributed by atoms with van der Waals surface area (Å²) < 4.78 is 39.1. The SMILES string of the molecule is Cc1cc(Nc2cc(C(F)(F)F)ccn2)nc(-c2cnc(C3(O)C[C@H]4CC[C@@H](C3)[C@@H]4C(=O)O)s2)c1. The van der Waals surface area contributed by atoms with Gasteiger partial charge in [0.1, 0.15) is 22.2 Å². The van der Waals surface area contributed by atoms with Crippen LogP contribution in [0.1, 0.15) is 41.8 Å². The molecule has 0 aliphatic heterocycles. The molecule has 35 heavy (non-hydrogen) atoms. The number of halogens is 3. The molecule has 0 radical (unpaired) electrons. The molecule has 5 rings (SSSR count). The molecule has 1 unspecified atom stereocenters. The highest BCUT2D eigenvalue weighted by Gasteiger charge is 2.53. The molecule has 2 bridgehead atoms. The number of carboxylic acid groups (broad SMARTS) is 1. The molecule has 2 aliphatic carbocycles. The molecule has 0 aromatic carbocycles. The van der Waals surface area contributed by atoms with Crippen molar-refractivity contribution in [3.8, 4) is 10.6 Å². The first-order valence-corrected chi connectivity index (χ1v) is 12.0. The summed E-state index contributed by atoms with van der Waals surface area (Å²) in [4.78, 5) is 25.3.